The summed E-state index contributed by atoms with van der Waals surface area (Å²) >= 11 is 0. The molecule has 0 aliphatic heterocycles. The predicted molar refractivity (Wildman–Crippen MR) is 50.7 cm³/mol. The van der Waals surface area contributed by atoms with Gasteiger partial charge in [0, 0.05) is 4.57 Å². The van der Waals surface area contributed by atoms with E-state index in [1.54, 1.807) is 12.1 Å². The molecule has 0 bridgehead atoms. The Kier molecular flexibility index (Phi) is 3.47. The zero-order valence-electron chi connectivity index (χ0n) is 7.27. The fourth-order valence-corrected chi connectivity index (χ4v) is 1.23. The first kappa shape index (κ1) is 9.75. The molecule has 0 heterocycles. The molecule has 1 rings (SSSR count). The average molecular weight is 197 g/mol. The molecule has 1 aromatic carbocycles. The highest BCUT2D eigenvalue weighted by Crippen LogP contribution is 2.27. The summed E-state index contributed by atoms with van der Waals surface area (Å²) in [5, 5.41) is 0. The van der Waals surface area contributed by atoms with Crippen LogP contribution in [0.2, 0.25) is 0 Å². The Labute approximate surface area is 77.9 Å². The van der Waals surface area contributed by atoms with Gasteiger partial charge in [-0.3, -0.25) is 0 Å². The van der Waals surface area contributed by atoms with E-state index in [9.17, 15) is 4.57 Å². The van der Waals surface area contributed by atoms with Gasteiger partial charge in [0.15, 0.2) is 5.75 Å². The van der Waals surface area contributed by atoms with Crippen molar-refractivity contribution in [3.8, 4) is 5.75 Å². The van der Waals surface area contributed by atoms with E-state index in [1.807, 2.05) is 19.1 Å². The first-order valence-electron chi connectivity index (χ1n) is 3.72. The van der Waals surface area contributed by atoms with Crippen LogP contribution in [0.25, 0.3) is 0 Å². The minimum atomic E-state index is -2.13. The molecular weight excluding hydrogens is 187 g/mol. The highest BCUT2D eigenvalue weighted by Gasteiger charge is 2.20. The second kappa shape index (κ2) is 4.63. The zero-order chi connectivity index (χ0) is 9.68. The topological polar surface area (TPSA) is 35.5 Å². The van der Waals surface area contributed by atoms with Crippen molar-refractivity contribution in [3.63, 3.8) is 0 Å². The highest BCUT2D eigenvalue weighted by molar-refractivity contribution is 7.33. The van der Waals surface area contributed by atoms with Crippen LogP contribution in [-0.4, -0.2) is 0 Å². The van der Waals surface area contributed by atoms with Crippen molar-refractivity contribution in [2.24, 2.45) is 0 Å². The van der Waals surface area contributed by atoms with Crippen LogP contribution in [0, 0.1) is 6.92 Å². The molecule has 68 valence electrons. The van der Waals surface area contributed by atoms with Gasteiger partial charge in [-0.15, -0.1) is 0 Å². The van der Waals surface area contributed by atoms with Crippen LogP contribution in [0.1, 0.15) is 5.56 Å². The lowest BCUT2D eigenvalue weighted by atomic mass is 10.2. The van der Waals surface area contributed by atoms with Crippen LogP contribution in [0.3, 0.4) is 0 Å². The van der Waals surface area contributed by atoms with Gasteiger partial charge in [0.05, 0.1) is 0 Å². The van der Waals surface area contributed by atoms with E-state index >= 15 is 0 Å². The standard InChI is InChI=1S/C9H10O3P/c1-3-11-13(10)12-9-6-4-8(2)5-7-9/h3-7H,1H2,2H3/q+1. The molecule has 4 heteroatoms. The Hall–Kier alpha value is -1.34. The molecule has 0 radical (unpaired) electrons. The second-order valence-electron chi connectivity index (χ2n) is 2.40. The van der Waals surface area contributed by atoms with Crippen molar-refractivity contribution in [1.82, 2.24) is 0 Å². The highest BCUT2D eigenvalue weighted by atomic mass is 31.1. The smallest absolute Gasteiger partial charge is 0.231 e. The Morgan fingerprint density at radius 3 is 2.54 bits per heavy atom. The molecule has 1 aromatic rings. The number of aryl methyl sites for hydroxylation is 1. The van der Waals surface area contributed by atoms with E-state index in [4.69, 9.17) is 4.52 Å². The third-order valence-corrected chi connectivity index (χ3v) is 2.04. The van der Waals surface area contributed by atoms with Crippen LogP contribution in [-0.2, 0) is 9.09 Å². The summed E-state index contributed by atoms with van der Waals surface area (Å²) in [5.74, 6) is 0.522. The monoisotopic (exact) mass is 197 g/mol. The summed E-state index contributed by atoms with van der Waals surface area (Å²) < 4.78 is 20.4. The Morgan fingerprint density at radius 2 is 2.00 bits per heavy atom. The van der Waals surface area contributed by atoms with Gasteiger partial charge in [0.25, 0.3) is 0 Å². The van der Waals surface area contributed by atoms with Crippen LogP contribution in [0.4, 0.5) is 0 Å². The van der Waals surface area contributed by atoms with Crippen LogP contribution in [0.5, 0.6) is 5.75 Å². The van der Waals surface area contributed by atoms with E-state index in [0.29, 0.717) is 5.75 Å². The van der Waals surface area contributed by atoms with E-state index < -0.39 is 8.25 Å². The van der Waals surface area contributed by atoms with E-state index in [1.165, 1.54) is 0 Å². The maximum atomic E-state index is 10.9. The fraction of sp³-hybridized carbons (Fsp3) is 0.111. The third kappa shape index (κ3) is 3.26. The Balaban J connectivity index is 2.59. The second-order valence-corrected chi connectivity index (χ2v) is 3.24. The normalized spacial score (nSPS) is 10.4. The lowest BCUT2D eigenvalue weighted by Crippen LogP contribution is -1.81. The summed E-state index contributed by atoms with van der Waals surface area (Å²) in [5.41, 5.74) is 1.12. The molecule has 0 N–H and O–H groups in total. The van der Waals surface area contributed by atoms with Gasteiger partial charge in [0.1, 0.15) is 6.26 Å². The van der Waals surface area contributed by atoms with Gasteiger partial charge < -0.3 is 0 Å². The van der Waals surface area contributed by atoms with Gasteiger partial charge in [-0.2, -0.15) is 0 Å². The van der Waals surface area contributed by atoms with Crippen molar-refractivity contribution in [3.05, 3.63) is 42.7 Å². The molecule has 0 saturated carbocycles. The van der Waals surface area contributed by atoms with E-state index in [0.717, 1.165) is 11.8 Å². The molecule has 0 amide bonds. The largest absolute Gasteiger partial charge is 0.804 e. The predicted octanol–water partition coefficient (Wildman–Crippen LogP) is 3.19. The molecule has 0 aromatic heterocycles. The molecule has 0 fully saturated rings. The summed E-state index contributed by atoms with van der Waals surface area (Å²) in [6.07, 6.45) is 1.09. The van der Waals surface area contributed by atoms with Crippen LogP contribution < -0.4 is 4.52 Å². The summed E-state index contributed by atoms with van der Waals surface area (Å²) in [7, 11) is -2.13. The minimum Gasteiger partial charge on any atom is -0.231 e. The Bertz CT molecular complexity index is 305. The van der Waals surface area contributed by atoms with Gasteiger partial charge in [-0.25, -0.2) is 9.05 Å². The molecule has 0 saturated heterocycles. The van der Waals surface area contributed by atoms with Crippen molar-refractivity contribution in [1.29, 1.82) is 0 Å². The lowest BCUT2D eigenvalue weighted by Gasteiger charge is -1.92. The first-order chi connectivity index (χ1) is 6.22. The van der Waals surface area contributed by atoms with E-state index in [2.05, 4.69) is 11.1 Å². The molecule has 13 heavy (non-hydrogen) atoms. The first-order valence-corrected chi connectivity index (χ1v) is 4.81. The molecule has 1 atom stereocenters. The SMILES string of the molecule is C=CO[P+](=O)Oc1ccc(C)cc1. The fourth-order valence-electron chi connectivity index (χ4n) is 0.768. The Morgan fingerprint density at radius 1 is 1.38 bits per heavy atom. The average Bonchev–Trinajstić information content (AvgIpc) is 2.09. The molecule has 0 spiro atoms. The molecular formula is C9H10O3P+. The molecule has 1 unspecified atom stereocenters. The van der Waals surface area contributed by atoms with Crippen molar-refractivity contribution in [2.45, 2.75) is 6.92 Å². The van der Waals surface area contributed by atoms with Crippen molar-refractivity contribution < 1.29 is 13.6 Å². The van der Waals surface area contributed by atoms with Crippen LogP contribution >= 0.6 is 8.25 Å². The minimum absolute atomic E-state index is 0.522. The molecule has 0 aliphatic carbocycles. The number of hydrogen-bond donors (Lipinski definition) is 0. The summed E-state index contributed by atoms with van der Waals surface area (Å²) in [4.78, 5) is 0. The van der Waals surface area contributed by atoms with Gasteiger partial charge in [-0.05, 0) is 19.1 Å². The van der Waals surface area contributed by atoms with E-state index in [-0.39, 0.29) is 0 Å². The van der Waals surface area contributed by atoms with Gasteiger partial charge in [0.2, 0.25) is 0 Å². The molecule has 3 nitrogen and oxygen atoms in total. The summed E-state index contributed by atoms with van der Waals surface area (Å²) in [6.45, 7) is 5.23. The van der Waals surface area contributed by atoms with Gasteiger partial charge >= 0.3 is 8.25 Å². The number of hydrogen-bond acceptors (Lipinski definition) is 3. The molecule has 0 aliphatic rings. The van der Waals surface area contributed by atoms with Gasteiger partial charge in [-0.1, -0.05) is 24.3 Å². The lowest BCUT2D eigenvalue weighted by molar-refractivity contribution is 0.384. The maximum absolute atomic E-state index is 10.9. The maximum Gasteiger partial charge on any atom is 0.804 e. The van der Waals surface area contributed by atoms with Crippen LogP contribution in [0.15, 0.2) is 37.1 Å². The quantitative estimate of drug-likeness (QED) is 0.549. The van der Waals surface area contributed by atoms with Crippen molar-refractivity contribution >= 4 is 8.25 Å². The summed E-state index contributed by atoms with van der Waals surface area (Å²) in [6, 6.07) is 7.20. The van der Waals surface area contributed by atoms with Crippen molar-refractivity contribution in [2.75, 3.05) is 0 Å². The number of benzene rings is 1. The third-order valence-electron chi connectivity index (χ3n) is 1.36. The number of rotatable bonds is 4. The zero-order valence-corrected chi connectivity index (χ0v) is 8.16.